The van der Waals surface area contributed by atoms with Gasteiger partial charge in [0.05, 0.1) is 40.2 Å². The lowest BCUT2D eigenvalue weighted by Crippen LogP contribution is -2.20. The van der Waals surface area contributed by atoms with Gasteiger partial charge < -0.3 is 10.6 Å². The lowest BCUT2D eigenvalue weighted by Gasteiger charge is -2.10. The van der Waals surface area contributed by atoms with E-state index >= 15 is 0 Å². The van der Waals surface area contributed by atoms with E-state index in [0.717, 1.165) is 22.6 Å². The molecule has 0 atom stereocenters. The molecule has 0 radical (unpaired) electrons. The highest BCUT2D eigenvalue weighted by atomic mass is 35.5. The maximum atomic E-state index is 14.1. The molecule has 2 aromatic carbocycles. The number of aromatic nitrogens is 4. The van der Waals surface area contributed by atoms with Crippen LogP contribution >= 0.6 is 47.0 Å². The first-order chi connectivity index (χ1) is 16.2. The molecule has 0 aliphatic heterocycles. The van der Waals surface area contributed by atoms with Crippen LogP contribution in [0, 0.1) is 19.7 Å². The van der Waals surface area contributed by atoms with Gasteiger partial charge in [0.2, 0.25) is 0 Å². The molecule has 11 heteroatoms. The lowest BCUT2D eigenvalue weighted by molar-refractivity contribution is 0.586. The molecule has 4 aromatic rings. The molecule has 0 unspecified atom stereocenters. The van der Waals surface area contributed by atoms with Gasteiger partial charge in [-0.05, 0) is 55.9 Å². The third-order valence-electron chi connectivity index (χ3n) is 5.20. The topological polar surface area (TPSA) is 59.7 Å². The van der Waals surface area contributed by atoms with Crippen molar-refractivity contribution >= 4 is 63.6 Å². The van der Waals surface area contributed by atoms with Crippen LogP contribution in [0.15, 0.2) is 48.7 Å². The van der Waals surface area contributed by atoms with Crippen LogP contribution in [0.5, 0.6) is 0 Å². The van der Waals surface area contributed by atoms with Crippen LogP contribution < -0.4 is 10.6 Å². The quantitative estimate of drug-likeness (QED) is 0.268. The summed E-state index contributed by atoms with van der Waals surface area (Å²) in [7, 11) is 0. The molecule has 2 heterocycles. The number of thiocarbonyl (C=S) groups is 1. The van der Waals surface area contributed by atoms with Gasteiger partial charge in [0, 0.05) is 22.8 Å². The molecule has 0 saturated carbocycles. The summed E-state index contributed by atoms with van der Waals surface area (Å²) in [5.74, 6) is 0.141. The first-order valence-corrected chi connectivity index (χ1v) is 11.8. The van der Waals surface area contributed by atoms with Crippen molar-refractivity contribution in [1.82, 2.24) is 19.6 Å². The molecule has 0 saturated heterocycles. The highest BCUT2D eigenvalue weighted by Gasteiger charge is 2.15. The van der Waals surface area contributed by atoms with Crippen molar-refractivity contribution in [2.45, 2.75) is 26.9 Å². The van der Waals surface area contributed by atoms with E-state index in [1.54, 1.807) is 35.1 Å². The summed E-state index contributed by atoms with van der Waals surface area (Å²) in [6.45, 7) is 4.59. The minimum Gasteiger partial charge on any atom is -0.329 e. The van der Waals surface area contributed by atoms with E-state index in [1.165, 1.54) is 6.07 Å². The van der Waals surface area contributed by atoms with Crippen LogP contribution in [0.1, 0.15) is 22.5 Å². The Morgan fingerprint density at radius 3 is 2.50 bits per heavy atom. The average Bonchev–Trinajstić information content (AvgIpc) is 3.32. The Morgan fingerprint density at radius 1 is 0.971 bits per heavy atom. The summed E-state index contributed by atoms with van der Waals surface area (Å²) in [5.41, 5.74) is 3.86. The Labute approximate surface area is 216 Å². The predicted octanol–water partition coefficient (Wildman–Crippen LogP) is 6.70. The Bertz CT molecular complexity index is 1350. The van der Waals surface area contributed by atoms with Gasteiger partial charge in [-0.1, -0.05) is 46.9 Å². The SMILES string of the molecule is Cc1nn(Cc2ccc(Cl)c(Cl)c2)c(C)c1NC(=S)Nc1ccn(Cc2c(F)cccc2Cl)n1. The zero-order chi connectivity index (χ0) is 24.4. The lowest BCUT2D eigenvalue weighted by atomic mass is 10.2. The number of anilines is 2. The second-order valence-electron chi connectivity index (χ2n) is 7.63. The third-order valence-corrected chi connectivity index (χ3v) is 6.50. The first-order valence-electron chi connectivity index (χ1n) is 10.2. The molecule has 6 nitrogen and oxygen atoms in total. The zero-order valence-electron chi connectivity index (χ0n) is 18.2. The first kappa shape index (κ1) is 24.5. The van der Waals surface area contributed by atoms with Gasteiger partial charge in [0.15, 0.2) is 10.9 Å². The largest absolute Gasteiger partial charge is 0.329 e. The number of nitrogens with one attached hydrogen (secondary N) is 2. The number of aryl methyl sites for hydroxylation is 1. The second-order valence-corrected chi connectivity index (χ2v) is 9.26. The molecule has 0 aliphatic carbocycles. The molecule has 176 valence electrons. The van der Waals surface area contributed by atoms with Crippen LogP contribution in [0.3, 0.4) is 0 Å². The van der Waals surface area contributed by atoms with Crippen molar-refractivity contribution in [2.24, 2.45) is 0 Å². The molecule has 2 aromatic heterocycles. The van der Waals surface area contributed by atoms with Crippen LogP contribution in [0.25, 0.3) is 0 Å². The number of benzene rings is 2. The molecule has 34 heavy (non-hydrogen) atoms. The molecule has 0 aliphatic rings. The van der Waals surface area contributed by atoms with Crippen LogP contribution in [0.4, 0.5) is 15.9 Å². The van der Waals surface area contributed by atoms with Gasteiger partial charge in [0.25, 0.3) is 0 Å². The van der Waals surface area contributed by atoms with Gasteiger partial charge in [-0.3, -0.25) is 9.36 Å². The molecule has 0 bridgehead atoms. The van der Waals surface area contributed by atoms with Gasteiger partial charge in [0.1, 0.15) is 5.82 Å². The van der Waals surface area contributed by atoms with E-state index in [9.17, 15) is 4.39 Å². The van der Waals surface area contributed by atoms with Crippen LogP contribution in [0.2, 0.25) is 15.1 Å². The van der Waals surface area contributed by atoms with E-state index in [2.05, 4.69) is 20.8 Å². The predicted molar refractivity (Wildman–Crippen MR) is 140 cm³/mol. The molecule has 0 fully saturated rings. The summed E-state index contributed by atoms with van der Waals surface area (Å²) >= 11 is 23.7. The molecule has 0 spiro atoms. The molecule has 4 rings (SSSR count). The number of hydrogen-bond donors (Lipinski definition) is 2. The number of hydrogen-bond acceptors (Lipinski definition) is 3. The molecule has 2 N–H and O–H groups in total. The fourth-order valence-corrected chi connectivity index (χ4v) is 4.22. The van der Waals surface area contributed by atoms with Crippen molar-refractivity contribution in [3.05, 3.63) is 92.1 Å². The molecular weight excluding hydrogens is 518 g/mol. The average molecular weight is 538 g/mol. The highest BCUT2D eigenvalue weighted by molar-refractivity contribution is 7.80. The Hall–Kier alpha value is -2.65. The Morgan fingerprint density at radius 2 is 1.76 bits per heavy atom. The van der Waals surface area contributed by atoms with Gasteiger partial charge >= 0.3 is 0 Å². The number of rotatable bonds is 6. The number of nitrogens with zero attached hydrogens (tertiary/aromatic N) is 4. The van der Waals surface area contributed by atoms with Crippen molar-refractivity contribution in [2.75, 3.05) is 10.6 Å². The van der Waals surface area contributed by atoms with E-state index in [4.69, 9.17) is 47.0 Å². The monoisotopic (exact) mass is 536 g/mol. The highest BCUT2D eigenvalue weighted by Crippen LogP contribution is 2.25. The van der Waals surface area contributed by atoms with E-state index < -0.39 is 0 Å². The smallest absolute Gasteiger partial charge is 0.176 e. The fraction of sp³-hybridized carbons (Fsp3) is 0.174. The maximum Gasteiger partial charge on any atom is 0.176 e. The minimum atomic E-state index is -0.376. The van der Waals surface area contributed by atoms with E-state index in [0.29, 0.717) is 38.1 Å². The maximum absolute atomic E-state index is 14.1. The summed E-state index contributed by atoms with van der Waals surface area (Å²) in [6, 6.07) is 11.8. The summed E-state index contributed by atoms with van der Waals surface area (Å²) in [6.07, 6.45) is 1.72. The minimum absolute atomic E-state index is 0.201. The van der Waals surface area contributed by atoms with Crippen molar-refractivity contribution in [3.63, 3.8) is 0 Å². The summed E-state index contributed by atoms with van der Waals surface area (Å²) < 4.78 is 17.5. The third kappa shape index (κ3) is 5.52. The van der Waals surface area contributed by atoms with Crippen LogP contribution in [-0.2, 0) is 13.1 Å². The number of halogens is 4. The van der Waals surface area contributed by atoms with Gasteiger partial charge in [-0.25, -0.2) is 4.39 Å². The van der Waals surface area contributed by atoms with E-state index in [-0.39, 0.29) is 12.4 Å². The van der Waals surface area contributed by atoms with E-state index in [1.807, 2.05) is 30.7 Å². The zero-order valence-corrected chi connectivity index (χ0v) is 21.3. The molecule has 0 amide bonds. The Balaban J connectivity index is 1.42. The van der Waals surface area contributed by atoms with Crippen molar-refractivity contribution in [3.8, 4) is 0 Å². The molecular formula is C23H20Cl3FN6S. The van der Waals surface area contributed by atoms with Crippen molar-refractivity contribution < 1.29 is 4.39 Å². The summed E-state index contributed by atoms with van der Waals surface area (Å²) in [5, 5.41) is 17.0. The van der Waals surface area contributed by atoms with Gasteiger partial charge in [-0.15, -0.1) is 0 Å². The fourth-order valence-electron chi connectivity index (χ4n) is 3.47. The summed E-state index contributed by atoms with van der Waals surface area (Å²) in [4.78, 5) is 0. The standard InChI is InChI=1S/C23H20Cl3FN6S/c1-13-22(14(2)33(30-13)11-15-6-7-18(25)19(26)10-15)29-23(34)28-21-8-9-32(31-21)12-16-17(24)4-3-5-20(16)27/h3-10H,11-12H2,1-2H3,(H2,28,29,31,34). The Kier molecular flexibility index (Phi) is 7.42. The normalized spacial score (nSPS) is 11.0. The van der Waals surface area contributed by atoms with Crippen LogP contribution in [-0.4, -0.2) is 24.7 Å². The van der Waals surface area contributed by atoms with Crippen molar-refractivity contribution in [1.29, 1.82) is 0 Å². The second kappa shape index (κ2) is 10.3. The van der Waals surface area contributed by atoms with Gasteiger partial charge in [-0.2, -0.15) is 10.2 Å².